The maximum atomic E-state index is 13.2. The van der Waals surface area contributed by atoms with Gasteiger partial charge in [-0.15, -0.1) is 11.3 Å². The summed E-state index contributed by atoms with van der Waals surface area (Å²) >= 11 is 7.58. The van der Waals surface area contributed by atoms with E-state index in [0.29, 0.717) is 10.6 Å². The molecule has 1 saturated heterocycles. The highest BCUT2D eigenvalue weighted by atomic mass is 35.5. The quantitative estimate of drug-likeness (QED) is 0.298. The number of phenolic OH excluding ortho intramolecular Hbond substituents is 1. The van der Waals surface area contributed by atoms with Crippen LogP contribution in [0.3, 0.4) is 0 Å². The van der Waals surface area contributed by atoms with Gasteiger partial charge in [0, 0.05) is 10.9 Å². The van der Waals surface area contributed by atoms with Gasteiger partial charge >= 0.3 is 0 Å². The highest BCUT2D eigenvalue weighted by Gasteiger charge is 2.48. The van der Waals surface area contributed by atoms with Gasteiger partial charge in [0.2, 0.25) is 0 Å². The van der Waals surface area contributed by atoms with Crippen LogP contribution in [0.25, 0.3) is 5.76 Å². The molecule has 1 aliphatic rings. The molecule has 1 atom stereocenters. The number of amides is 1. The molecule has 9 heteroatoms. The van der Waals surface area contributed by atoms with E-state index >= 15 is 0 Å². The van der Waals surface area contributed by atoms with E-state index in [4.69, 9.17) is 21.1 Å². The van der Waals surface area contributed by atoms with Crippen LogP contribution in [0.2, 0.25) is 5.02 Å². The lowest BCUT2D eigenvalue weighted by molar-refractivity contribution is -0.132. The van der Waals surface area contributed by atoms with Gasteiger partial charge in [-0.05, 0) is 42.1 Å². The zero-order valence-corrected chi connectivity index (χ0v) is 19.5. The molecule has 1 aromatic heterocycles. The lowest BCUT2D eigenvalue weighted by atomic mass is 9.99. The summed E-state index contributed by atoms with van der Waals surface area (Å²) in [5.41, 5.74) is 0.965. The molecule has 2 heterocycles. The number of hydrogen-bond acceptors (Lipinski definition) is 7. The maximum Gasteiger partial charge on any atom is 0.300 e. The van der Waals surface area contributed by atoms with Gasteiger partial charge in [-0.1, -0.05) is 23.7 Å². The number of nitrogens with zero attached hydrogens (tertiary/aromatic N) is 1. The van der Waals surface area contributed by atoms with Crippen LogP contribution in [0.5, 0.6) is 17.2 Å². The Kier molecular flexibility index (Phi) is 6.05. The Bertz CT molecular complexity index is 1280. The number of ether oxygens (including phenoxy) is 2. The average molecular weight is 486 g/mol. The van der Waals surface area contributed by atoms with Crippen molar-refractivity contribution in [1.82, 2.24) is 0 Å². The molecule has 0 aliphatic carbocycles. The summed E-state index contributed by atoms with van der Waals surface area (Å²) in [7, 11) is 2.84. The Hall–Kier alpha value is -3.49. The number of carbonyl (C=O) groups is 2. The molecule has 7 nitrogen and oxygen atoms in total. The van der Waals surface area contributed by atoms with Gasteiger partial charge < -0.3 is 19.7 Å². The Morgan fingerprint density at radius 2 is 1.82 bits per heavy atom. The SMILES string of the molecule is COc1cc(OC)c(/C(O)=C2/C(=O)C(=O)N(c3cc(C)ccc3O)C2c2cccs2)cc1Cl. The van der Waals surface area contributed by atoms with E-state index in [1.54, 1.807) is 29.6 Å². The fraction of sp³-hybridized carbons (Fsp3) is 0.167. The Labute approximate surface area is 199 Å². The summed E-state index contributed by atoms with van der Waals surface area (Å²) in [6.45, 7) is 1.81. The van der Waals surface area contributed by atoms with Crippen LogP contribution in [0.4, 0.5) is 5.69 Å². The number of phenols is 1. The van der Waals surface area contributed by atoms with Crippen molar-refractivity contribution in [3.8, 4) is 17.2 Å². The van der Waals surface area contributed by atoms with Crippen molar-refractivity contribution >= 4 is 46.1 Å². The number of aromatic hydroxyl groups is 1. The molecule has 33 heavy (non-hydrogen) atoms. The first kappa shape index (κ1) is 22.7. The molecule has 1 unspecified atom stereocenters. The highest BCUT2D eigenvalue weighted by Crippen LogP contribution is 2.47. The van der Waals surface area contributed by atoms with Crippen LogP contribution in [-0.2, 0) is 9.59 Å². The topological polar surface area (TPSA) is 96.3 Å². The summed E-state index contributed by atoms with van der Waals surface area (Å²) in [5.74, 6) is -1.82. The molecule has 3 aromatic rings. The van der Waals surface area contributed by atoms with Crippen LogP contribution in [0.15, 0.2) is 53.4 Å². The third kappa shape index (κ3) is 3.81. The monoisotopic (exact) mass is 485 g/mol. The third-order valence-corrected chi connectivity index (χ3v) is 6.60. The van der Waals surface area contributed by atoms with Crippen LogP contribution >= 0.6 is 22.9 Å². The molecule has 1 fully saturated rings. The second-order valence-electron chi connectivity index (χ2n) is 7.36. The fourth-order valence-electron chi connectivity index (χ4n) is 3.81. The minimum absolute atomic E-state index is 0.135. The van der Waals surface area contributed by atoms with E-state index in [2.05, 4.69) is 0 Å². The first-order valence-electron chi connectivity index (χ1n) is 9.84. The number of aliphatic hydroxyl groups excluding tert-OH is 1. The number of carbonyl (C=O) groups excluding carboxylic acids is 2. The van der Waals surface area contributed by atoms with E-state index in [1.165, 1.54) is 48.7 Å². The zero-order valence-electron chi connectivity index (χ0n) is 18.0. The summed E-state index contributed by atoms with van der Waals surface area (Å²) in [5, 5.41) is 23.8. The Morgan fingerprint density at radius 1 is 1.09 bits per heavy atom. The molecule has 2 N–H and O–H groups in total. The van der Waals surface area contributed by atoms with Crippen LogP contribution in [-0.4, -0.2) is 36.1 Å². The first-order chi connectivity index (χ1) is 15.8. The van der Waals surface area contributed by atoms with Crippen LogP contribution < -0.4 is 14.4 Å². The number of methoxy groups -OCH3 is 2. The molecule has 170 valence electrons. The van der Waals surface area contributed by atoms with E-state index < -0.39 is 23.5 Å². The lowest BCUT2D eigenvalue weighted by Crippen LogP contribution is -2.29. The molecular formula is C24H20ClNO6S. The third-order valence-electron chi connectivity index (χ3n) is 5.38. The van der Waals surface area contributed by atoms with Gasteiger partial charge in [-0.2, -0.15) is 0 Å². The van der Waals surface area contributed by atoms with E-state index in [0.717, 1.165) is 5.56 Å². The Balaban J connectivity index is 1.99. The van der Waals surface area contributed by atoms with Crippen molar-refractivity contribution in [2.45, 2.75) is 13.0 Å². The number of anilines is 1. The minimum Gasteiger partial charge on any atom is -0.507 e. The van der Waals surface area contributed by atoms with Crippen LogP contribution in [0, 0.1) is 6.92 Å². The molecule has 0 spiro atoms. The van der Waals surface area contributed by atoms with Gasteiger partial charge in [-0.25, -0.2) is 0 Å². The summed E-state index contributed by atoms with van der Waals surface area (Å²) in [6.07, 6.45) is 0. The van der Waals surface area contributed by atoms with Gasteiger partial charge in [0.15, 0.2) is 0 Å². The first-order valence-corrected chi connectivity index (χ1v) is 11.1. The Morgan fingerprint density at radius 3 is 2.45 bits per heavy atom. The standard InChI is InChI=1S/C24H20ClNO6S/c1-12-6-7-16(27)15(9-12)26-21(19-5-4-8-33-19)20(23(29)24(26)30)22(28)13-10-14(25)18(32-3)11-17(13)31-2/h4-11,21,27-28H,1-3H3/b22-20-. The van der Waals surface area contributed by atoms with Gasteiger partial charge in [0.05, 0.1) is 36.1 Å². The van der Waals surface area contributed by atoms with Crippen molar-refractivity contribution in [2.24, 2.45) is 0 Å². The molecule has 1 aliphatic heterocycles. The predicted octanol–water partition coefficient (Wildman–Crippen LogP) is 5.06. The highest BCUT2D eigenvalue weighted by molar-refractivity contribution is 7.10. The van der Waals surface area contributed by atoms with Gasteiger partial charge in [0.1, 0.15) is 29.0 Å². The number of thiophene rings is 1. The van der Waals surface area contributed by atoms with E-state index in [-0.39, 0.29) is 33.3 Å². The van der Waals surface area contributed by atoms with Crippen molar-refractivity contribution in [3.05, 3.63) is 74.4 Å². The maximum absolute atomic E-state index is 13.2. The summed E-state index contributed by atoms with van der Waals surface area (Å²) < 4.78 is 10.6. The number of aliphatic hydroxyl groups is 1. The number of benzene rings is 2. The fourth-order valence-corrected chi connectivity index (χ4v) is 4.88. The van der Waals surface area contributed by atoms with Crippen molar-refractivity contribution in [1.29, 1.82) is 0 Å². The number of ketones is 1. The van der Waals surface area contributed by atoms with E-state index in [1.807, 2.05) is 6.92 Å². The van der Waals surface area contributed by atoms with Gasteiger partial charge in [-0.3, -0.25) is 14.5 Å². The summed E-state index contributed by atoms with van der Waals surface area (Å²) in [4.78, 5) is 28.3. The number of rotatable bonds is 5. The second-order valence-corrected chi connectivity index (χ2v) is 8.75. The molecule has 1 amide bonds. The summed E-state index contributed by atoms with van der Waals surface area (Å²) in [6, 6.07) is 10.3. The number of aryl methyl sites for hydroxylation is 1. The number of halogens is 1. The average Bonchev–Trinajstić information content (AvgIpc) is 3.42. The largest absolute Gasteiger partial charge is 0.507 e. The van der Waals surface area contributed by atoms with Crippen LogP contribution in [0.1, 0.15) is 22.0 Å². The van der Waals surface area contributed by atoms with Crippen molar-refractivity contribution < 1.29 is 29.3 Å². The smallest absolute Gasteiger partial charge is 0.300 e. The zero-order chi connectivity index (χ0) is 23.9. The van der Waals surface area contributed by atoms with E-state index in [9.17, 15) is 19.8 Å². The molecule has 0 radical (unpaired) electrons. The predicted molar refractivity (Wildman–Crippen MR) is 127 cm³/mol. The lowest BCUT2D eigenvalue weighted by Gasteiger charge is -2.25. The normalized spacial score (nSPS) is 17.5. The number of hydrogen-bond donors (Lipinski definition) is 2. The molecule has 2 aromatic carbocycles. The van der Waals surface area contributed by atoms with Crippen molar-refractivity contribution in [2.75, 3.05) is 19.1 Å². The van der Waals surface area contributed by atoms with Gasteiger partial charge in [0.25, 0.3) is 11.7 Å². The molecule has 4 rings (SSSR count). The second kappa shape index (κ2) is 8.80. The molecular weight excluding hydrogens is 466 g/mol. The number of Topliss-reactive ketones (excluding diaryl/α,β-unsaturated/α-hetero) is 1. The minimum atomic E-state index is -0.955. The molecule has 0 saturated carbocycles. The van der Waals surface area contributed by atoms with Crippen molar-refractivity contribution in [3.63, 3.8) is 0 Å². The molecule has 0 bridgehead atoms.